The first-order valence-electron chi connectivity index (χ1n) is 7.68. The van der Waals surface area contributed by atoms with Crippen LogP contribution in [0.4, 0.5) is 16.0 Å². The number of aryl methyl sites for hydroxylation is 1. The van der Waals surface area contributed by atoms with Crippen LogP contribution in [-0.4, -0.2) is 39.8 Å². The number of halogens is 2. The molecule has 2 heterocycles. The third kappa shape index (κ3) is 3.50. The summed E-state index contributed by atoms with van der Waals surface area (Å²) in [5.41, 5.74) is 1.66. The fourth-order valence-electron chi connectivity index (χ4n) is 2.32. The van der Waals surface area contributed by atoms with E-state index < -0.39 is 5.91 Å². The zero-order valence-corrected chi connectivity index (χ0v) is 15.1. The van der Waals surface area contributed by atoms with Crippen molar-refractivity contribution in [3.8, 4) is 5.69 Å². The molecule has 1 amide bonds. The quantitative estimate of drug-likeness (QED) is 0.759. The van der Waals surface area contributed by atoms with Crippen molar-refractivity contribution in [2.24, 2.45) is 0 Å². The Morgan fingerprint density at radius 1 is 1.19 bits per heavy atom. The van der Waals surface area contributed by atoms with E-state index in [-0.39, 0.29) is 16.5 Å². The molecule has 0 spiro atoms. The average molecular weight is 375 g/mol. The predicted octanol–water partition coefficient (Wildman–Crippen LogP) is 3.08. The van der Waals surface area contributed by atoms with Gasteiger partial charge < -0.3 is 10.2 Å². The third-order valence-corrected chi connectivity index (χ3v) is 3.95. The van der Waals surface area contributed by atoms with Crippen LogP contribution in [0.3, 0.4) is 0 Å². The molecule has 0 fully saturated rings. The molecule has 0 aliphatic rings. The van der Waals surface area contributed by atoms with Gasteiger partial charge in [0.1, 0.15) is 16.5 Å². The maximum absolute atomic E-state index is 13.1. The Morgan fingerprint density at radius 3 is 2.38 bits per heavy atom. The Hall–Kier alpha value is -3.00. The first kappa shape index (κ1) is 17.8. The molecule has 0 saturated carbocycles. The molecular formula is C17H16ClFN6O. The topological polar surface area (TPSA) is 75.9 Å². The summed E-state index contributed by atoms with van der Waals surface area (Å²) < 4.78 is 14.5. The number of hydrogen-bond acceptors (Lipinski definition) is 5. The van der Waals surface area contributed by atoms with E-state index >= 15 is 0 Å². The molecule has 3 aromatic rings. The largest absolute Gasteiger partial charge is 0.347 e. The van der Waals surface area contributed by atoms with Crippen molar-refractivity contribution in [3.05, 3.63) is 58.9 Å². The SMILES string of the molecule is Cc1nn(-c2ccc(F)cc2)c(Cl)c1C(=O)Nc1cnc(N(C)C)nc1. The Bertz CT molecular complexity index is 937. The summed E-state index contributed by atoms with van der Waals surface area (Å²) in [6.45, 7) is 1.67. The molecule has 134 valence electrons. The molecular weight excluding hydrogens is 359 g/mol. The molecule has 0 aliphatic heterocycles. The van der Waals surface area contributed by atoms with E-state index in [0.29, 0.717) is 23.0 Å². The van der Waals surface area contributed by atoms with Gasteiger partial charge in [0, 0.05) is 14.1 Å². The van der Waals surface area contributed by atoms with Crippen molar-refractivity contribution in [2.45, 2.75) is 6.92 Å². The fourth-order valence-corrected chi connectivity index (χ4v) is 2.68. The van der Waals surface area contributed by atoms with Gasteiger partial charge in [0.15, 0.2) is 0 Å². The molecule has 0 aliphatic carbocycles. The number of amides is 1. The zero-order valence-electron chi connectivity index (χ0n) is 14.4. The van der Waals surface area contributed by atoms with Crippen molar-refractivity contribution in [2.75, 3.05) is 24.3 Å². The van der Waals surface area contributed by atoms with E-state index in [4.69, 9.17) is 11.6 Å². The average Bonchev–Trinajstić information content (AvgIpc) is 2.90. The van der Waals surface area contributed by atoms with Gasteiger partial charge in [0.25, 0.3) is 5.91 Å². The highest BCUT2D eigenvalue weighted by Gasteiger charge is 2.21. The summed E-state index contributed by atoms with van der Waals surface area (Å²) >= 11 is 6.34. The van der Waals surface area contributed by atoms with E-state index in [1.807, 2.05) is 14.1 Å². The van der Waals surface area contributed by atoms with Crippen LogP contribution in [0.25, 0.3) is 5.69 Å². The van der Waals surface area contributed by atoms with E-state index in [0.717, 1.165) is 0 Å². The molecule has 0 bridgehead atoms. The molecule has 9 heteroatoms. The number of carbonyl (C=O) groups is 1. The lowest BCUT2D eigenvalue weighted by Gasteiger charge is -2.10. The van der Waals surface area contributed by atoms with Crippen LogP contribution in [0.2, 0.25) is 5.15 Å². The summed E-state index contributed by atoms with van der Waals surface area (Å²) in [6.07, 6.45) is 3.02. The number of benzene rings is 1. The van der Waals surface area contributed by atoms with E-state index in [1.165, 1.54) is 41.3 Å². The second kappa shape index (κ2) is 7.09. The zero-order chi connectivity index (χ0) is 18.8. The smallest absolute Gasteiger partial charge is 0.260 e. The number of aromatic nitrogens is 4. The van der Waals surface area contributed by atoms with Crippen molar-refractivity contribution in [1.82, 2.24) is 19.7 Å². The summed E-state index contributed by atoms with van der Waals surface area (Å²) in [5.74, 6) is -0.267. The highest BCUT2D eigenvalue weighted by molar-refractivity contribution is 6.34. The second-order valence-electron chi connectivity index (χ2n) is 5.76. The first-order valence-corrected chi connectivity index (χ1v) is 8.06. The Morgan fingerprint density at radius 2 is 1.81 bits per heavy atom. The minimum absolute atomic E-state index is 0.137. The lowest BCUT2D eigenvalue weighted by molar-refractivity contribution is 0.102. The van der Waals surface area contributed by atoms with Crippen LogP contribution in [0.15, 0.2) is 36.7 Å². The Kier molecular flexibility index (Phi) is 4.85. The van der Waals surface area contributed by atoms with Gasteiger partial charge >= 0.3 is 0 Å². The van der Waals surface area contributed by atoms with Crippen molar-refractivity contribution < 1.29 is 9.18 Å². The monoisotopic (exact) mass is 374 g/mol. The third-order valence-electron chi connectivity index (χ3n) is 3.60. The molecule has 1 aromatic carbocycles. The van der Waals surface area contributed by atoms with E-state index in [9.17, 15) is 9.18 Å². The number of nitrogens with zero attached hydrogens (tertiary/aromatic N) is 5. The molecule has 0 saturated heterocycles. The van der Waals surface area contributed by atoms with Crippen LogP contribution in [0.5, 0.6) is 0 Å². The number of nitrogens with one attached hydrogen (secondary N) is 1. The maximum Gasteiger partial charge on any atom is 0.260 e. The van der Waals surface area contributed by atoms with Crippen LogP contribution in [-0.2, 0) is 0 Å². The molecule has 0 atom stereocenters. The van der Waals surface area contributed by atoms with Crippen LogP contribution in [0.1, 0.15) is 16.1 Å². The second-order valence-corrected chi connectivity index (χ2v) is 6.12. The molecule has 0 unspecified atom stereocenters. The minimum Gasteiger partial charge on any atom is -0.347 e. The summed E-state index contributed by atoms with van der Waals surface area (Å²) in [6, 6.07) is 5.66. The van der Waals surface area contributed by atoms with Gasteiger partial charge in [-0.15, -0.1) is 0 Å². The van der Waals surface area contributed by atoms with Gasteiger partial charge in [-0.05, 0) is 31.2 Å². The summed E-state index contributed by atoms with van der Waals surface area (Å²) in [7, 11) is 3.64. The number of carbonyl (C=O) groups excluding carboxylic acids is 1. The molecule has 1 N–H and O–H groups in total. The van der Waals surface area contributed by atoms with Crippen molar-refractivity contribution >= 4 is 29.1 Å². The molecule has 2 aromatic heterocycles. The van der Waals surface area contributed by atoms with Gasteiger partial charge in [0.05, 0.1) is 29.5 Å². The lowest BCUT2D eigenvalue weighted by Crippen LogP contribution is -2.15. The maximum atomic E-state index is 13.1. The van der Waals surface area contributed by atoms with Gasteiger partial charge in [-0.2, -0.15) is 5.10 Å². The first-order chi connectivity index (χ1) is 12.4. The minimum atomic E-state index is -0.429. The summed E-state index contributed by atoms with van der Waals surface area (Å²) in [5, 5.41) is 7.11. The van der Waals surface area contributed by atoms with Gasteiger partial charge in [0.2, 0.25) is 5.95 Å². The van der Waals surface area contributed by atoms with Crippen molar-refractivity contribution in [3.63, 3.8) is 0 Å². The van der Waals surface area contributed by atoms with E-state index in [2.05, 4.69) is 20.4 Å². The number of hydrogen-bond donors (Lipinski definition) is 1. The standard InChI is InChI=1S/C17H16ClFN6O/c1-10-14(15(18)25(23-10)13-6-4-11(19)5-7-13)16(26)22-12-8-20-17(21-9-12)24(2)3/h4-9H,1-3H3,(H,22,26). The van der Waals surface area contributed by atoms with Crippen molar-refractivity contribution in [1.29, 1.82) is 0 Å². The number of anilines is 2. The van der Waals surface area contributed by atoms with Crippen LogP contribution >= 0.6 is 11.6 Å². The van der Waals surface area contributed by atoms with Gasteiger partial charge in [-0.25, -0.2) is 19.0 Å². The van der Waals surface area contributed by atoms with Crippen LogP contribution < -0.4 is 10.2 Å². The molecule has 26 heavy (non-hydrogen) atoms. The highest BCUT2D eigenvalue weighted by atomic mass is 35.5. The van der Waals surface area contributed by atoms with Crippen LogP contribution in [0, 0.1) is 12.7 Å². The molecule has 0 radical (unpaired) electrons. The number of rotatable bonds is 4. The predicted molar refractivity (Wildman–Crippen MR) is 97.6 cm³/mol. The fraction of sp³-hybridized carbons (Fsp3) is 0.176. The molecule has 3 rings (SSSR count). The highest BCUT2D eigenvalue weighted by Crippen LogP contribution is 2.24. The Balaban J connectivity index is 1.86. The normalized spacial score (nSPS) is 10.7. The van der Waals surface area contributed by atoms with Gasteiger partial charge in [-0.1, -0.05) is 11.6 Å². The van der Waals surface area contributed by atoms with E-state index in [1.54, 1.807) is 11.8 Å². The molecule has 7 nitrogen and oxygen atoms in total. The lowest BCUT2D eigenvalue weighted by atomic mass is 10.2. The Labute approximate surface area is 154 Å². The van der Waals surface area contributed by atoms with Gasteiger partial charge in [-0.3, -0.25) is 4.79 Å². The summed E-state index contributed by atoms with van der Waals surface area (Å²) in [4.78, 5) is 22.6.